The van der Waals surface area contributed by atoms with Crippen molar-refractivity contribution in [3.8, 4) is 0 Å². The van der Waals surface area contributed by atoms with Gasteiger partial charge in [0.15, 0.2) is 34.8 Å². The second-order valence-corrected chi connectivity index (χ2v) is 19.8. The van der Waals surface area contributed by atoms with Crippen LogP contribution in [0.1, 0.15) is 63.8 Å². The van der Waals surface area contributed by atoms with Crippen molar-refractivity contribution in [2.45, 2.75) is 100 Å². The monoisotopic (exact) mass is 956 g/mol. The van der Waals surface area contributed by atoms with Crippen molar-refractivity contribution in [2.24, 2.45) is 0 Å². The summed E-state index contributed by atoms with van der Waals surface area (Å²) in [5.74, 6) is 1.42. The van der Waals surface area contributed by atoms with Gasteiger partial charge in [-0.1, -0.05) is 47.3 Å². The van der Waals surface area contributed by atoms with Gasteiger partial charge in [0.1, 0.15) is 36.6 Å². The van der Waals surface area contributed by atoms with Crippen molar-refractivity contribution in [1.29, 1.82) is 0 Å². The maximum absolute atomic E-state index is 12.7. The Bertz CT molecular complexity index is 2160. The summed E-state index contributed by atoms with van der Waals surface area (Å²) >= 11 is 0. The van der Waals surface area contributed by atoms with Gasteiger partial charge < -0.3 is 51.2 Å². The first kappa shape index (κ1) is 48.4. The van der Waals surface area contributed by atoms with Gasteiger partial charge in [-0.05, 0) is 25.7 Å². The zero-order chi connectivity index (χ0) is 44.6. The number of nitrogens with two attached hydrogens (primary N) is 2. The van der Waals surface area contributed by atoms with Gasteiger partial charge in [0.2, 0.25) is 11.9 Å². The number of nitrogens with one attached hydrogen (secondary N) is 2. The van der Waals surface area contributed by atoms with Gasteiger partial charge in [-0.25, -0.2) is 19.1 Å². The normalized spacial score (nSPS) is 26.1. The lowest BCUT2D eigenvalue weighted by Gasteiger charge is -2.22. The summed E-state index contributed by atoms with van der Waals surface area (Å²) in [7, 11) is -5.86. The van der Waals surface area contributed by atoms with Gasteiger partial charge in [0, 0.05) is 11.5 Å². The molecule has 0 aliphatic carbocycles. The number of aliphatic hydroxyl groups is 4. The number of aromatic nitrogens is 8. The molecule has 0 radical (unpaired) electrons. The Kier molecular flexibility index (Phi) is 17.0. The average Bonchev–Trinajstić information content (AvgIpc) is 3.98. The molecule has 2 aliphatic heterocycles. The van der Waals surface area contributed by atoms with E-state index in [9.17, 15) is 48.9 Å². The molecule has 0 bridgehead atoms. The molecule has 0 amide bonds. The molecular formula is C32H50N10O16P2S2. The molecular weight excluding hydrogens is 906 g/mol. The predicted octanol–water partition coefficient (Wildman–Crippen LogP) is 0.425. The topological polar surface area (TPSA) is 390 Å². The van der Waals surface area contributed by atoms with Crippen LogP contribution in [0.2, 0.25) is 0 Å². The van der Waals surface area contributed by atoms with E-state index in [1.807, 2.05) is 0 Å². The van der Waals surface area contributed by atoms with Crippen LogP contribution in [-0.4, -0.2) is 144 Å². The quantitative estimate of drug-likeness (QED) is 0.0244. The fourth-order valence-electron chi connectivity index (χ4n) is 6.79. The predicted molar refractivity (Wildman–Crippen MR) is 222 cm³/mol. The number of aliphatic hydroxyl groups excluding tert-OH is 4. The molecule has 0 saturated carbocycles. The molecule has 62 heavy (non-hydrogen) atoms. The highest BCUT2D eigenvalue weighted by Crippen LogP contribution is 2.50. The molecule has 2 saturated heterocycles. The molecule has 2 aliphatic rings. The summed E-state index contributed by atoms with van der Waals surface area (Å²) in [5, 5.41) is 41.5. The summed E-state index contributed by atoms with van der Waals surface area (Å²) in [5.41, 5.74) is 9.90. The van der Waals surface area contributed by atoms with Crippen molar-refractivity contribution in [3.05, 3.63) is 33.4 Å². The van der Waals surface area contributed by atoms with E-state index in [0.29, 0.717) is 12.8 Å². The summed E-state index contributed by atoms with van der Waals surface area (Å²) in [6, 6.07) is 0. The number of ether oxygens (including phenoxy) is 2. The lowest BCUT2D eigenvalue weighted by atomic mass is 10.1. The molecule has 4 aromatic heterocycles. The van der Waals surface area contributed by atoms with E-state index in [-0.39, 0.29) is 47.4 Å². The molecule has 6 rings (SSSR count). The molecule has 0 spiro atoms. The van der Waals surface area contributed by atoms with Gasteiger partial charge in [0.05, 0.1) is 39.1 Å². The van der Waals surface area contributed by atoms with Crippen LogP contribution in [0.3, 0.4) is 0 Å². The Balaban J connectivity index is 0.782. The van der Waals surface area contributed by atoms with Crippen LogP contribution in [0.4, 0.5) is 11.9 Å². The van der Waals surface area contributed by atoms with E-state index in [2.05, 4.69) is 29.9 Å². The van der Waals surface area contributed by atoms with Crippen molar-refractivity contribution in [2.75, 3.05) is 49.4 Å². The molecule has 346 valence electrons. The van der Waals surface area contributed by atoms with Crippen LogP contribution in [0.15, 0.2) is 22.2 Å². The minimum absolute atomic E-state index is 0.0000448. The minimum atomic E-state index is -4.66. The average molecular weight is 957 g/mol. The number of phosphoric ester groups is 2. The summed E-state index contributed by atoms with van der Waals surface area (Å²) in [4.78, 5) is 65.5. The minimum Gasteiger partial charge on any atom is -0.394 e. The first-order valence-corrected chi connectivity index (χ1v) is 25.0. The summed E-state index contributed by atoms with van der Waals surface area (Å²) in [6.45, 7) is -1.47. The second-order valence-electron chi connectivity index (χ2n) is 14.2. The van der Waals surface area contributed by atoms with E-state index in [1.54, 1.807) is 21.6 Å². The molecule has 12 N–H and O–H groups in total. The molecule has 6 heterocycles. The highest BCUT2D eigenvalue weighted by Gasteiger charge is 2.50. The lowest BCUT2D eigenvalue weighted by molar-refractivity contribution is -0.0511. The number of hydrogen-bond donors (Lipinski definition) is 10. The fraction of sp³-hybridized carbons (Fsp3) is 0.688. The van der Waals surface area contributed by atoms with Crippen LogP contribution < -0.4 is 22.6 Å². The Hall–Kier alpha value is -3.02. The van der Waals surface area contributed by atoms with Crippen molar-refractivity contribution in [3.63, 3.8) is 0 Å². The number of H-pyrrole nitrogens is 2. The van der Waals surface area contributed by atoms with Gasteiger partial charge in [-0.2, -0.15) is 9.97 Å². The van der Waals surface area contributed by atoms with E-state index >= 15 is 0 Å². The first-order valence-electron chi connectivity index (χ1n) is 19.5. The third-order valence-corrected chi connectivity index (χ3v) is 14.4. The second kappa shape index (κ2) is 21.8. The first-order chi connectivity index (χ1) is 29.6. The molecule has 4 aromatic rings. The fourth-order valence-corrected chi connectivity index (χ4v) is 11.1. The highest BCUT2D eigenvalue weighted by atomic mass is 33.1. The number of nitrogens with zero attached hydrogens (tertiary/aromatic N) is 6. The molecule has 10 atom stereocenters. The SMILES string of the molecule is Nc1nc2c(ncn2[C@@H]2O[C@H](CO)[C@@H](OP(=O)(O)OCCCCCCSSCCCCCCOP(=O)(O)O[C@H]3[C@@H](O)[C@H](n4cnc5c(=O)[nH]c(N)nc54)O[C@@H]3CO)[C@H]2O)c(=O)[nH]1. The Morgan fingerprint density at radius 1 is 0.677 bits per heavy atom. The lowest BCUT2D eigenvalue weighted by Crippen LogP contribution is -2.35. The van der Waals surface area contributed by atoms with Crippen molar-refractivity contribution >= 4 is 71.5 Å². The van der Waals surface area contributed by atoms with Crippen molar-refractivity contribution < 1.29 is 66.9 Å². The number of aromatic amines is 2. The standard InChI is InChI=1S/C32H50N10O16P2S2/c33-31-37-25-19(27(47)39-31)35-15-41(25)29-21(45)23(17(13-43)55-29)57-59(49,50)53-9-5-1-3-7-11-61-62-12-8-4-2-6-10-54-60(51,52)58-24-18(14-44)56-30(22(24)46)42-16-36-20-26(42)38-32(34)40-28(20)48/h15-18,21-24,29-30,43-46H,1-14H2,(H,49,50)(H,51,52)(H3,33,37,39,47)(H3,34,38,40,48)/t17-,18-,21-,22-,23-,24-,29-,30-/m1/s1. The summed E-state index contributed by atoms with van der Waals surface area (Å²) in [6.07, 6.45) is -2.61. The number of nitrogen functional groups attached to an aromatic ring is 2. The molecule has 2 fully saturated rings. The molecule has 26 nitrogen and oxygen atoms in total. The third-order valence-electron chi connectivity index (χ3n) is 9.77. The Labute approximate surface area is 359 Å². The van der Waals surface area contributed by atoms with E-state index in [1.165, 1.54) is 21.8 Å². The van der Waals surface area contributed by atoms with E-state index in [0.717, 1.165) is 50.0 Å². The number of phosphoric acid groups is 2. The maximum Gasteiger partial charge on any atom is 0.472 e. The molecule has 2 unspecified atom stereocenters. The number of rotatable bonds is 25. The van der Waals surface area contributed by atoms with Gasteiger partial charge in [-0.3, -0.25) is 46.8 Å². The van der Waals surface area contributed by atoms with Crippen LogP contribution in [0.5, 0.6) is 0 Å². The van der Waals surface area contributed by atoms with Crippen LogP contribution in [-0.2, 0) is 36.7 Å². The molecule has 0 aromatic carbocycles. The Morgan fingerprint density at radius 2 is 1.06 bits per heavy atom. The zero-order valence-corrected chi connectivity index (χ0v) is 36.4. The van der Waals surface area contributed by atoms with Gasteiger partial charge >= 0.3 is 15.6 Å². The molecule has 30 heteroatoms. The Morgan fingerprint density at radius 3 is 1.45 bits per heavy atom. The highest BCUT2D eigenvalue weighted by molar-refractivity contribution is 8.76. The van der Waals surface area contributed by atoms with Gasteiger partial charge in [-0.15, -0.1) is 0 Å². The van der Waals surface area contributed by atoms with Crippen molar-refractivity contribution in [1.82, 2.24) is 39.0 Å². The van der Waals surface area contributed by atoms with E-state index in [4.69, 9.17) is 39.0 Å². The number of hydrogen-bond acceptors (Lipinski definition) is 22. The zero-order valence-electron chi connectivity index (χ0n) is 33.0. The van der Waals surface area contributed by atoms with Crippen LogP contribution in [0.25, 0.3) is 22.3 Å². The van der Waals surface area contributed by atoms with Crippen LogP contribution in [0, 0.1) is 0 Å². The largest absolute Gasteiger partial charge is 0.472 e. The maximum atomic E-state index is 12.7. The number of imidazole rings is 2. The number of fused-ring (bicyclic) bond motifs is 2. The number of anilines is 2. The number of unbranched alkanes of at least 4 members (excludes halogenated alkanes) is 6. The van der Waals surface area contributed by atoms with Gasteiger partial charge in [0.25, 0.3) is 11.1 Å². The van der Waals surface area contributed by atoms with Crippen LogP contribution >= 0.6 is 37.2 Å². The van der Waals surface area contributed by atoms with E-state index < -0.39 is 89.1 Å². The third kappa shape index (κ3) is 12.0. The summed E-state index contributed by atoms with van der Waals surface area (Å²) < 4.78 is 59.9. The smallest absolute Gasteiger partial charge is 0.394 e.